The lowest BCUT2D eigenvalue weighted by Crippen LogP contribution is -2.52. The number of aliphatic carboxylic acids is 1. The van der Waals surface area contributed by atoms with E-state index in [9.17, 15) is 43.8 Å². The maximum atomic E-state index is 13.0. The van der Waals surface area contributed by atoms with Crippen LogP contribution >= 0.6 is 0 Å². The standard InChI is InChI=1S/C38H47N7O6.C24H34N2O5.C14H17N5O/c39-36-31(24-29(41-42-36)27-12-8-9-14-32(27)46)43-19-21-44(22-20-43)35(48)16-7-5-3-1-2-4-6-10-23-51-33-15-11-13-26-28(33)25-45(38(26)50)30-17-18-34(47)40-37(30)49;27-22(28)14-7-5-3-1-2-4-6-8-16-31-21-13-9-11-18-19(21)17-26(24(18)30)20-12-10-15-25-23(20)29;15-14-12(19-7-5-16-6-8-19)9-11(17-18-14)10-3-1-2-4-13(10)20/h8-9,11-15,24,30,46H,1-7,10,16-23,25H2,(H2,39,42)(H,40,47,49);9,11,13,20H,1-8,10,12,14-17H2,(H,25,29)(H,27,28);1-4,9,16,20H,5-8H2,(H2,15,18). The molecule has 6 aliphatic rings. The van der Waals surface area contributed by atoms with Gasteiger partial charge in [0.25, 0.3) is 11.8 Å². The summed E-state index contributed by atoms with van der Waals surface area (Å²) in [5.41, 5.74) is 19.1. The molecule has 0 spiro atoms. The van der Waals surface area contributed by atoms with Crippen molar-refractivity contribution in [3.63, 3.8) is 0 Å². The number of carboxylic acids is 1. The number of nitrogens with two attached hydrogens (primary N) is 2. The third-order valence-electron chi connectivity index (χ3n) is 19.6. The number of ether oxygens (including phenoxy) is 2. The van der Waals surface area contributed by atoms with Gasteiger partial charge in [-0.15, -0.1) is 20.4 Å². The summed E-state index contributed by atoms with van der Waals surface area (Å²) in [7, 11) is 0. The average molecular weight is 1400 g/mol. The number of carbonyl (C=O) groups is 7. The lowest BCUT2D eigenvalue weighted by atomic mass is 10.0. The van der Waals surface area contributed by atoms with Gasteiger partial charge in [0, 0.05) is 112 Å². The summed E-state index contributed by atoms with van der Waals surface area (Å²) in [4.78, 5) is 94.8. The molecule has 6 aliphatic heterocycles. The van der Waals surface area contributed by atoms with Crippen LogP contribution < -0.4 is 46.7 Å². The van der Waals surface area contributed by atoms with Gasteiger partial charge in [-0.05, 0) is 106 Å². The van der Waals surface area contributed by atoms with Crippen molar-refractivity contribution in [1.29, 1.82) is 0 Å². The fourth-order valence-electron chi connectivity index (χ4n) is 13.9. The predicted octanol–water partition coefficient (Wildman–Crippen LogP) is 9.17. The largest absolute Gasteiger partial charge is 0.507 e. The van der Waals surface area contributed by atoms with Crippen LogP contribution in [0.1, 0.15) is 173 Å². The summed E-state index contributed by atoms with van der Waals surface area (Å²) in [5, 5.41) is 53.7. The molecule has 6 aromatic rings. The average Bonchev–Trinajstić information content (AvgIpc) is 1.62. The van der Waals surface area contributed by atoms with E-state index >= 15 is 0 Å². The van der Waals surface area contributed by atoms with Crippen molar-refractivity contribution >= 4 is 64.4 Å². The number of rotatable bonds is 30. The van der Waals surface area contributed by atoms with Gasteiger partial charge in [-0.2, -0.15) is 0 Å². The van der Waals surface area contributed by atoms with E-state index in [4.69, 9.17) is 26.0 Å². The highest BCUT2D eigenvalue weighted by molar-refractivity contribution is 6.06. The number of imide groups is 1. The summed E-state index contributed by atoms with van der Waals surface area (Å²) in [5.74, 6) is 0.963. The van der Waals surface area contributed by atoms with E-state index in [1.165, 1.54) is 6.42 Å². The van der Waals surface area contributed by atoms with E-state index in [1.54, 1.807) is 46.2 Å². The first-order valence-electron chi connectivity index (χ1n) is 36.4. The Kier molecular flexibility index (Phi) is 27.4. The van der Waals surface area contributed by atoms with Crippen molar-refractivity contribution in [2.24, 2.45) is 0 Å². The highest BCUT2D eigenvalue weighted by Gasteiger charge is 2.41. The number of amides is 6. The Labute approximate surface area is 595 Å². The van der Waals surface area contributed by atoms with E-state index in [0.29, 0.717) is 129 Å². The molecular formula is C76H98N14O12. The highest BCUT2D eigenvalue weighted by Crippen LogP contribution is 2.37. The van der Waals surface area contributed by atoms with Crippen LogP contribution in [0.15, 0.2) is 97.1 Å². The Hall–Kier alpha value is -10.1. The number of benzene rings is 4. The summed E-state index contributed by atoms with van der Waals surface area (Å²) < 4.78 is 12.1. The molecule has 12 rings (SSSR count). The second kappa shape index (κ2) is 37.5. The number of nitrogens with zero attached hydrogens (tertiary/aromatic N) is 9. The van der Waals surface area contributed by atoms with Crippen LogP contribution in [0, 0.1) is 0 Å². The SMILES string of the molecule is Nc1nnc(-c2ccccc2O)cc1N1CCN(C(=O)CCCCCCCCCCOc2cccc3c2CN(C2CCC(=O)NC2=O)C3=O)CC1.Nc1nnc(-c2ccccc2O)cc1N1CCNCC1.O=C(O)CCCCCCCCCCOc1cccc2c1CN(C1CCCNC1=O)C2=O. The summed E-state index contributed by atoms with van der Waals surface area (Å²) in [6.07, 6.45) is 19.8. The van der Waals surface area contributed by atoms with E-state index in [1.807, 2.05) is 65.6 Å². The molecule has 4 saturated heterocycles. The van der Waals surface area contributed by atoms with Crippen LogP contribution in [0.4, 0.5) is 23.0 Å². The number of piperidine rings is 2. The normalized spacial score (nSPS) is 17.2. The number of fused-ring (bicyclic) bond motifs is 2. The zero-order valence-electron chi connectivity index (χ0n) is 58.3. The third kappa shape index (κ3) is 20.1. The fraction of sp³-hybridized carbons (Fsp3) is 0.487. The van der Waals surface area contributed by atoms with E-state index in [-0.39, 0.29) is 59.9 Å². The zero-order chi connectivity index (χ0) is 71.7. The zero-order valence-corrected chi connectivity index (χ0v) is 58.3. The number of phenolic OH excluding ortho intramolecular Hbond substituents is 2. The molecule has 4 fully saturated rings. The molecule has 2 atom stereocenters. The first kappa shape index (κ1) is 74.6. The number of aromatic nitrogens is 4. The molecule has 2 unspecified atom stereocenters. The first-order chi connectivity index (χ1) is 49.6. The minimum atomic E-state index is -0.708. The van der Waals surface area contributed by atoms with Crippen LogP contribution in [0.3, 0.4) is 0 Å². The Bertz CT molecular complexity index is 3860. The van der Waals surface area contributed by atoms with Gasteiger partial charge in [0.1, 0.15) is 35.1 Å². The van der Waals surface area contributed by atoms with Gasteiger partial charge >= 0.3 is 5.97 Å². The number of unbranched alkanes of at least 4 members (excludes halogenated alkanes) is 14. The van der Waals surface area contributed by atoms with Crippen molar-refractivity contribution in [2.75, 3.05) is 93.4 Å². The Balaban J connectivity index is 0.000000185. The van der Waals surface area contributed by atoms with Gasteiger partial charge in [0.05, 0.1) is 49.1 Å². The number of carboxylic acid groups (broad SMARTS) is 1. The van der Waals surface area contributed by atoms with Crippen LogP contribution in [-0.4, -0.2) is 176 Å². The van der Waals surface area contributed by atoms with Gasteiger partial charge < -0.3 is 71.4 Å². The number of hydrogen-bond donors (Lipinski definition) is 8. The van der Waals surface area contributed by atoms with Gasteiger partial charge in [0.2, 0.25) is 23.6 Å². The molecule has 0 radical (unpaired) electrons. The molecule has 544 valence electrons. The monoisotopic (exact) mass is 1400 g/mol. The predicted molar refractivity (Wildman–Crippen MR) is 388 cm³/mol. The molecule has 6 amide bonds. The Morgan fingerprint density at radius 1 is 0.500 bits per heavy atom. The summed E-state index contributed by atoms with van der Waals surface area (Å²) in [6.45, 7) is 8.79. The van der Waals surface area contributed by atoms with Crippen molar-refractivity contribution in [3.8, 4) is 45.5 Å². The quantitative estimate of drug-likeness (QED) is 0.0154. The van der Waals surface area contributed by atoms with Crippen molar-refractivity contribution in [1.82, 2.24) is 51.0 Å². The number of aromatic hydroxyl groups is 2. The van der Waals surface area contributed by atoms with Crippen molar-refractivity contribution in [2.45, 2.75) is 166 Å². The Morgan fingerprint density at radius 3 is 1.43 bits per heavy atom. The number of para-hydroxylation sites is 2. The minimum absolute atomic E-state index is 0.0586. The van der Waals surface area contributed by atoms with Gasteiger partial charge in [0.15, 0.2) is 11.6 Å². The molecule has 0 aliphatic carbocycles. The maximum absolute atomic E-state index is 13.0. The van der Waals surface area contributed by atoms with Crippen molar-refractivity contribution in [3.05, 3.63) is 119 Å². The lowest BCUT2D eigenvalue weighted by Gasteiger charge is -2.36. The number of anilines is 4. The molecule has 0 saturated carbocycles. The summed E-state index contributed by atoms with van der Waals surface area (Å²) in [6, 6.07) is 27.8. The van der Waals surface area contributed by atoms with Crippen LogP contribution in [0.2, 0.25) is 0 Å². The van der Waals surface area contributed by atoms with E-state index < -0.39 is 17.9 Å². The van der Waals surface area contributed by atoms with Crippen molar-refractivity contribution < 1.29 is 58.4 Å². The summed E-state index contributed by atoms with van der Waals surface area (Å²) >= 11 is 0. The first-order valence-corrected chi connectivity index (χ1v) is 36.4. The van der Waals surface area contributed by atoms with Gasteiger partial charge in [-0.25, -0.2) is 0 Å². The van der Waals surface area contributed by atoms with Crippen LogP contribution in [-0.2, 0) is 37.1 Å². The number of carbonyl (C=O) groups excluding carboxylic acids is 6. The van der Waals surface area contributed by atoms with Gasteiger partial charge in [-0.3, -0.25) is 38.9 Å². The molecule has 2 aromatic heterocycles. The van der Waals surface area contributed by atoms with Gasteiger partial charge in [-0.1, -0.05) is 113 Å². The molecule has 10 N–H and O–H groups in total. The number of nitrogens with one attached hydrogen (secondary N) is 3. The lowest BCUT2D eigenvalue weighted by molar-refractivity contribution is -0.138. The number of piperazine rings is 2. The van der Waals surface area contributed by atoms with E-state index in [2.05, 4.69) is 46.1 Å². The molecule has 4 aromatic carbocycles. The number of nitrogen functional groups attached to an aromatic ring is 2. The molecule has 102 heavy (non-hydrogen) atoms. The molecule has 26 nitrogen and oxygen atoms in total. The number of phenols is 2. The fourth-order valence-corrected chi connectivity index (χ4v) is 13.9. The molecule has 26 heteroatoms. The second-order valence-electron chi connectivity index (χ2n) is 26.7. The molecular weight excluding hydrogens is 1300 g/mol. The number of hydrogen-bond acceptors (Lipinski definition) is 20. The molecule has 0 bridgehead atoms. The van der Waals surface area contributed by atoms with Crippen LogP contribution in [0.25, 0.3) is 22.5 Å². The van der Waals surface area contributed by atoms with E-state index in [0.717, 1.165) is 157 Å². The smallest absolute Gasteiger partial charge is 0.303 e. The third-order valence-corrected chi connectivity index (χ3v) is 19.6. The molecule has 8 heterocycles. The topological polar surface area (TPSA) is 355 Å². The minimum Gasteiger partial charge on any atom is -0.507 e. The second-order valence-corrected chi connectivity index (χ2v) is 26.7. The maximum Gasteiger partial charge on any atom is 0.303 e. The highest BCUT2D eigenvalue weighted by atomic mass is 16.5. The Morgan fingerprint density at radius 2 is 0.951 bits per heavy atom. The van der Waals surface area contributed by atoms with Crippen LogP contribution in [0.5, 0.6) is 23.0 Å².